The van der Waals surface area contributed by atoms with Crippen molar-refractivity contribution in [3.63, 3.8) is 0 Å². The summed E-state index contributed by atoms with van der Waals surface area (Å²) in [7, 11) is 0. The molecule has 19 heavy (non-hydrogen) atoms. The molecule has 0 unspecified atom stereocenters. The zero-order valence-electron chi connectivity index (χ0n) is 9.75. The Hall–Kier alpha value is -1.76. The Labute approximate surface area is 120 Å². The van der Waals surface area contributed by atoms with Gasteiger partial charge in [-0.2, -0.15) is 5.26 Å². The van der Waals surface area contributed by atoms with Gasteiger partial charge in [-0.3, -0.25) is 0 Å². The van der Waals surface area contributed by atoms with Crippen molar-refractivity contribution in [1.29, 1.82) is 5.26 Å². The van der Waals surface area contributed by atoms with E-state index < -0.39 is 0 Å². The lowest BCUT2D eigenvalue weighted by atomic mass is 10.2. The number of nitrogens with zero attached hydrogens (tertiary/aromatic N) is 1. The van der Waals surface area contributed by atoms with E-state index in [1.807, 2.05) is 6.07 Å². The highest BCUT2D eigenvalue weighted by Gasteiger charge is 2.05. The van der Waals surface area contributed by atoms with Crippen LogP contribution in [-0.2, 0) is 6.54 Å². The van der Waals surface area contributed by atoms with Crippen LogP contribution in [0.3, 0.4) is 0 Å². The van der Waals surface area contributed by atoms with Crippen molar-refractivity contribution < 1.29 is 4.39 Å². The molecule has 0 heterocycles. The highest BCUT2D eigenvalue weighted by Crippen LogP contribution is 2.24. The van der Waals surface area contributed by atoms with Crippen LogP contribution in [0.2, 0.25) is 10.0 Å². The van der Waals surface area contributed by atoms with Gasteiger partial charge in [0.1, 0.15) is 5.82 Å². The first-order valence-electron chi connectivity index (χ1n) is 5.47. The second-order valence-corrected chi connectivity index (χ2v) is 4.74. The predicted molar refractivity (Wildman–Crippen MR) is 74.9 cm³/mol. The molecule has 0 aliphatic carbocycles. The Morgan fingerprint density at radius 3 is 2.63 bits per heavy atom. The lowest BCUT2D eigenvalue weighted by Crippen LogP contribution is -2.02. The fraction of sp³-hybridized carbons (Fsp3) is 0.0714. The molecule has 0 amide bonds. The number of halogens is 3. The molecule has 5 heteroatoms. The molecule has 0 aromatic heterocycles. The number of benzene rings is 2. The molecule has 2 rings (SSSR count). The van der Waals surface area contributed by atoms with E-state index in [2.05, 4.69) is 5.32 Å². The van der Waals surface area contributed by atoms with E-state index in [9.17, 15) is 4.39 Å². The molecule has 2 aromatic carbocycles. The minimum atomic E-state index is -0.382. The van der Waals surface area contributed by atoms with Crippen LogP contribution < -0.4 is 5.32 Å². The Morgan fingerprint density at radius 1 is 1.16 bits per heavy atom. The highest BCUT2D eigenvalue weighted by atomic mass is 35.5. The van der Waals surface area contributed by atoms with Crippen LogP contribution in [0.1, 0.15) is 11.1 Å². The number of rotatable bonds is 3. The van der Waals surface area contributed by atoms with Crippen LogP contribution in [0.4, 0.5) is 10.1 Å². The minimum Gasteiger partial charge on any atom is -0.380 e. The Bertz CT molecular complexity index is 650. The monoisotopic (exact) mass is 294 g/mol. The van der Waals surface area contributed by atoms with Gasteiger partial charge in [0.25, 0.3) is 0 Å². The summed E-state index contributed by atoms with van der Waals surface area (Å²) >= 11 is 11.7. The van der Waals surface area contributed by atoms with Crippen molar-refractivity contribution >= 4 is 28.9 Å². The normalized spacial score (nSPS) is 10.0. The van der Waals surface area contributed by atoms with E-state index in [0.717, 1.165) is 0 Å². The van der Waals surface area contributed by atoms with Crippen LogP contribution >= 0.6 is 23.2 Å². The number of nitrogens with one attached hydrogen (secondary N) is 1. The largest absolute Gasteiger partial charge is 0.380 e. The topological polar surface area (TPSA) is 35.8 Å². The summed E-state index contributed by atoms with van der Waals surface area (Å²) in [5.41, 5.74) is 1.56. The van der Waals surface area contributed by atoms with Gasteiger partial charge in [0.15, 0.2) is 0 Å². The zero-order chi connectivity index (χ0) is 13.8. The maximum atomic E-state index is 13.6. The minimum absolute atomic E-state index is 0.262. The third-order valence-corrected chi connectivity index (χ3v) is 3.14. The molecular formula is C14H9Cl2FN2. The third-order valence-electron chi connectivity index (χ3n) is 2.58. The predicted octanol–water partition coefficient (Wildman–Crippen LogP) is 4.62. The smallest absolute Gasteiger partial charge is 0.129 e. The van der Waals surface area contributed by atoms with E-state index in [1.165, 1.54) is 6.07 Å². The maximum absolute atomic E-state index is 13.6. The molecule has 0 aliphatic heterocycles. The number of hydrogen-bond acceptors (Lipinski definition) is 2. The molecule has 0 saturated heterocycles. The molecule has 0 bridgehead atoms. The molecule has 0 radical (unpaired) electrons. The lowest BCUT2D eigenvalue weighted by molar-refractivity contribution is 0.613. The van der Waals surface area contributed by atoms with Crippen LogP contribution in [0, 0.1) is 17.1 Å². The number of anilines is 1. The highest BCUT2D eigenvalue weighted by molar-refractivity contribution is 6.33. The van der Waals surface area contributed by atoms with Gasteiger partial charge in [0.05, 0.1) is 22.3 Å². The Balaban J connectivity index is 2.16. The third kappa shape index (κ3) is 3.37. The fourth-order valence-electron chi connectivity index (χ4n) is 1.59. The van der Waals surface area contributed by atoms with Crippen molar-refractivity contribution in [1.82, 2.24) is 0 Å². The van der Waals surface area contributed by atoms with Gasteiger partial charge < -0.3 is 5.32 Å². The summed E-state index contributed by atoms with van der Waals surface area (Å²) in [5.74, 6) is -0.382. The zero-order valence-corrected chi connectivity index (χ0v) is 11.3. The molecule has 96 valence electrons. The SMILES string of the molecule is N#Cc1ccc(Cl)c(NCc2ccc(Cl)cc2F)c1. The van der Waals surface area contributed by atoms with Crippen LogP contribution in [-0.4, -0.2) is 0 Å². The first-order valence-corrected chi connectivity index (χ1v) is 6.23. The van der Waals surface area contributed by atoms with Crippen molar-refractivity contribution in [3.8, 4) is 6.07 Å². The summed E-state index contributed by atoms with van der Waals surface area (Å²) in [6.45, 7) is 0.262. The number of nitriles is 1. The van der Waals surface area contributed by atoms with Gasteiger partial charge in [0.2, 0.25) is 0 Å². The summed E-state index contributed by atoms with van der Waals surface area (Å²) in [5, 5.41) is 12.6. The summed E-state index contributed by atoms with van der Waals surface area (Å²) < 4.78 is 13.6. The van der Waals surface area contributed by atoms with E-state index in [1.54, 1.807) is 30.3 Å². The van der Waals surface area contributed by atoms with Crippen LogP contribution in [0.15, 0.2) is 36.4 Å². The van der Waals surface area contributed by atoms with Crippen molar-refractivity contribution in [3.05, 3.63) is 63.4 Å². The quantitative estimate of drug-likeness (QED) is 0.897. The van der Waals surface area contributed by atoms with Crippen LogP contribution in [0.5, 0.6) is 0 Å². The second kappa shape index (κ2) is 5.92. The van der Waals surface area contributed by atoms with E-state index in [-0.39, 0.29) is 12.4 Å². The maximum Gasteiger partial charge on any atom is 0.129 e. The molecule has 0 atom stereocenters. The van der Waals surface area contributed by atoms with Crippen molar-refractivity contribution in [2.45, 2.75) is 6.54 Å². The second-order valence-electron chi connectivity index (χ2n) is 3.90. The molecular weight excluding hydrogens is 286 g/mol. The van der Waals surface area contributed by atoms with Gasteiger partial charge in [0, 0.05) is 17.1 Å². The van der Waals surface area contributed by atoms with E-state index in [4.69, 9.17) is 28.5 Å². The van der Waals surface area contributed by atoms with Gasteiger partial charge in [-0.1, -0.05) is 29.3 Å². The van der Waals surface area contributed by atoms with Gasteiger partial charge in [-0.25, -0.2) is 4.39 Å². The molecule has 0 fully saturated rings. The Morgan fingerprint density at radius 2 is 1.95 bits per heavy atom. The standard InChI is InChI=1S/C14H9Cl2FN2/c15-11-3-2-10(13(17)6-11)8-19-14-5-9(7-18)1-4-12(14)16/h1-6,19H,8H2. The van der Waals surface area contributed by atoms with Gasteiger partial charge >= 0.3 is 0 Å². The lowest BCUT2D eigenvalue weighted by Gasteiger charge is -2.09. The first-order chi connectivity index (χ1) is 9.10. The molecule has 0 saturated carbocycles. The summed E-state index contributed by atoms with van der Waals surface area (Å²) in [4.78, 5) is 0. The summed E-state index contributed by atoms with van der Waals surface area (Å²) in [6, 6.07) is 11.4. The molecule has 2 aromatic rings. The fourth-order valence-corrected chi connectivity index (χ4v) is 1.93. The number of hydrogen-bond donors (Lipinski definition) is 1. The van der Waals surface area contributed by atoms with Crippen molar-refractivity contribution in [2.75, 3.05) is 5.32 Å². The molecule has 0 spiro atoms. The first kappa shape index (κ1) is 13.7. The summed E-state index contributed by atoms with van der Waals surface area (Å²) in [6.07, 6.45) is 0. The van der Waals surface area contributed by atoms with Crippen molar-refractivity contribution in [2.24, 2.45) is 0 Å². The van der Waals surface area contributed by atoms with Gasteiger partial charge in [-0.05, 0) is 30.3 Å². The molecule has 0 aliphatic rings. The Kier molecular flexibility index (Phi) is 4.26. The van der Waals surface area contributed by atoms with Gasteiger partial charge in [-0.15, -0.1) is 0 Å². The van der Waals surface area contributed by atoms with E-state index in [0.29, 0.717) is 26.9 Å². The molecule has 1 N–H and O–H groups in total. The molecule has 2 nitrogen and oxygen atoms in total. The van der Waals surface area contributed by atoms with Crippen LogP contribution in [0.25, 0.3) is 0 Å². The van der Waals surface area contributed by atoms with E-state index >= 15 is 0 Å². The average molecular weight is 295 g/mol. The average Bonchev–Trinajstić information content (AvgIpc) is 2.39.